The molecule has 218 valence electrons. The summed E-state index contributed by atoms with van der Waals surface area (Å²) in [5.74, 6) is -0.436. The van der Waals surface area contributed by atoms with Crippen LogP contribution in [-0.4, -0.2) is 30.9 Å². The number of anilines is 2. The van der Waals surface area contributed by atoms with Crippen LogP contribution in [0.1, 0.15) is 52.5 Å². The van der Waals surface area contributed by atoms with Gasteiger partial charge in [-0.05, 0) is 67.3 Å². The highest BCUT2D eigenvalue weighted by atomic mass is 16.2. The smallest absolute Gasteiger partial charge is 0.319 e. The summed E-state index contributed by atoms with van der Waals surface area (Å²) in [5, 5.41) is 15.0. The van der Waals surface area contributed by atoms with E-state index in [0.717, 1.165) is 16.7 Å². The van der Waals surface area contributed by atoms with Crippen molar-refractivity contribution in [2.75, 3.05) is 23.7 Å². The van der Waals surface area contributed by atoms with Crippen molar-refractivity contribution in [3.63, 3.8) is 0 Å². The first kappa shape index (κ1) is 29.1. The van der Waals surface area contributed by atoms with Gasteiger partial charge < -0.3 is 26.6 Å². The van der Waals surface area contributed by atoms with Gasteiger partial charge in [-0.15, -0.1) is 0 Å². The first-order chi connectivity index (χ1) is 20.9. The lowest BCUT2D eigenvalue weighted by Gasteiger charge is -2.16. The lowest BCUT2D eigenvalue weighted by molar-refractivity contribution is -0.110. The third kappa shape index (κ3) is 7.11. The maximum absolute atomic E-state index is 13.3. The van der Waals surface area contributed by atoms with E-state index in [0.29, 0.717) is 53.3 Å². The minimum Gasteiger partial charge on any atom is -0.384 e. The van der Waals surface area contributed by atoms with Gasteiger partial charge in [0.05, 0.1) is 17.3 Å². The van der Waals surface area contributed by atoms with E-state index in [1.54, 1.807) is 18.2 Å². The van der Waals surface area contributed by atoms with E-state index in [2.05, 4.69) is 26.6 Å². The number of fused-ring (bicyclic) bond motifs is 1. The molecule has 0 unspecified atom stereocenters. The Morgan fingerprint density at radius 3 is 2.21 bits per heavy atom. The largest absolute Gasteiger partial charge is 0.384 e. The first-order valence-electron chi connectivity index (χ1n) is 14.4. The minimum atomic E-state index is -0.238. The molecule has 5 N–H and O–H groups in total. The molecule has 8 heteroatoms. The van der Waals surface area contributed by atoms with Gasteiger partial charge in [0.25, 0.3) is 11.8 Å². The fourth-order valence-electron chi connectivity index (χ4n) is 5.02. The predicted molar refractivity (Wildman–Crippen MR) is 171 cm³/mol. The average Bonchev–Trinajstić information content (AvgIpc) is 3.35. The summed E-state index contributed by atoms with van der Waals surface area (Å²) < 4.78 is 0. The highest BCUT2D eigenvalue weighted by molar-refractivity contribution is 6.36. The number of rotatable bonds is 10. The summed E-state index contributed by atoms with van der Waals surface area (Å²) in [7, 11) is 0. The molecule has 43 heavy (non-hydrogen) atoms. The summed E-state index contributed by atoms with van der Waals surface area (Å²) in [6.07, 6.45) is 0.694. The summed E-state index contributed by atoms with van der Waals surface area (Å²) in [5.41, 5.74) is 6.68. The van der Waals surface area contributed by atoms with Crippen LogP contribution in [-0.2, 0) is 11.2 Å². The molecule has 0 aliphatic carbocycles. The monoisotopic (exact) mass is 573 g/mol. The van der Waals surface area contributed by atoms with Crippen molar-refractivity contribution in [2.45, 2.75) is 26.3 Å². The number of urea groups is 1. The normalized spacial score (nSPS) is 13.8. The summed E-state index contributed by atoms with van der Waals surface area (Å²) >= 11 is 0. The zero-order valence-corrected chi connectivity index (χ0v) is 24.2. The van der Waals surface area contributed by atoms with E-state index in [1.807, 2.05) is 98.8 Å². The van der Waals surface area contributed by atoms with Gasteiger partial charge in [-0.25, -0.2) is 4.79 Å². The number of carbonyl (C=O) groups excluding carboxylic acids is 3. The topological polar surface area (TPSA) is 111 Å². The molecule has 1 aliphatic rings. The van der Waals surface area contributed by atoms with Crippen LogP contribution in [0.25, 0.3) is 11.3 Å². The van der Waals surface area contributed by atoms with Crippen molar-refractivity contribution in [1.29, 1.82) is 0 Å². The van der Waals surface area contributed by atoms with Crippen LogP contribution >= 0.6 is 0 Å². The molecular formula is C35H35N5O3. The number of benzene rings is 4. The van der Waals surface area contributed by atoms with Crippen molar-refractivity contribution in [1.82, 2.24) is 16.0 Å². The molecule has 8 nitrogen and oxygen atoms in total. The molecule has 0 radical (unpaired) electrons. The Morgan fingerprint density at radius 1 is 0.814 bits per heavy atom. The second kappa shape index (κ2) is 13.5. The Bertz CT molecular complexity index is 1630. The number of amides is 4. The Morgan fingerprint density at radius 2 is 1.51 bits per heavy atom. The van der Waals surface area contributed by atoms with Crippen molar-refractivity contribution >= 4 is 40.5 Å². The Hall–Kier alpha value is -5.37. The lowest BCUT2D eigenvalue weighted by atomic mass is 9.98. The van der Waals surface area contributed by atoms with E-state index in [1.165, 1.54) is 0 Å². The first-order valence-corrected chi connectivity index (χ1v) is 14.4. The highest BCUT2D eigenvalue weighted by Crippen LogP contribution is 2.37. The number of carbonyl (C=O) groups is 3. The van der Waals surface area contributed by atoms with Gasteiger partial charge >= 0.3 is 6.03 Å². The summed E-state index contributed by atoms with van der Waals surface area (Å²) in [6.45, 7) is 4.93. The van der Waals surface area contributed by atoms with Crippen LogP contribution in [0, 0.1) is 0 Å². The molecule has 0 saturated heterocycles. The van der Waals surface area contributed by atoms with E-state index in [9.17, 15) is 14.4 Å². The lowest BCUT2D eigenvalue weighted by Crippen LogP contribution is -2.28. The number of hydrogen-bond donors (Lipinski definition) is 5. The number of hydrogen-bond acceptors (Lipinski definition) is 4. The third-order valence-electron chi connectivity index (χ3n) is 7.25. The van der Waals surface area contributed by atoms with Gasteiger partial charge in [-0.1, -0.05) is 72.8 Å². The van der Waals surface area contributed by atoms with Crippen LogP contribution in [0.5, 0.6) is 0 Å². The molecule has 1 atom stereocenters. The fourth-order valence-corrected chi connectivity index (χ4v) is 5.02. The van der Waals surface area contributed by atoms with E-state index < -0.39 is 0 Å². The van der Waals surface area contributed by atoms with Gasteiger partial charge in [-0.2, -0.15) is 0 Å². The van der Waals surface area contributed by atoms with Crippen LogP contribution in [0.3, 0.4) is 0 Å². The second-order valence-corrected chi connectivity index (χ2v) is 10.3. The van der Waals surface area contributed by atoms with Crippen LogP contribution in [0.2, 0.25) is 0 Å². The highest BCUT2D eigenvalue weighted by Gasteiger charge is 2.29. The van der Waals surface area contributed by atoms with Crippen LogP contribution in [0.4, 0.5) is 16.2 Å². The van der Waals surface area contributed by atoms with Crippen molar-refractivity contribution < 1.29 is 14.4 Å². The van der Waals surface area contributed by atoms with Gasteiger partial charge in [0, 0.05) is 35.6 Å². The predicted octanol–water partition coefficient (Wildman–Crippen LogP) is 5.97. The van der Waals surface area contributed by atoms with Gasteiger partial charge in [0.1, 0.15) is 0 Å². The molecule has 0 bridgehead atoms. The second-order valence-electron chi connectivity index (χ2n) is 10.3. The molecule has 0 saturated carbocycles. The molecule has 4 amide bonds. The molecule has 0 aromatic heterocycles. The quantitative estimate of drug-likeness (QED) is 0.151. The molecule has 5 rings (SSSR count). The molecular weight excluding hydrogens is 538 g/mol. The van der Waals surface area contributed by atoms with Crippen LogP contribution < -0.4 is 26.6 Å². The number of nitrogens with one attached hydrogen (secondary N) is 5. The summed E-state index contributed by atoms with van der Waals surface area (Å²) in [4.78, 5) is 38.4. The average molecular weight is 574 g/mol. The van der Waals surface area contributed by atoms with Crippen LogP contribution in [0.15, 0.2) is 103 Å². The Balaban J connectivity index is 1.37. The van der Waals surface area contributed by atoms with E-state index in [4.69, 9.17) is 0 Å². The molecule has 1 aliphatic heterocycles. The zero-order valence-electron chi connectivity index (χ0n) is 24.2. The van der Waals surface area contributed by atoms with Gasteiger partial charge in [0.2, 0.25) is 0 Å². The molecule has 1 heterocycles. The molecule has 4 aromatic carbocycles. The Kier molecular flexibility index (Phi) is 9.17. The van der Waals surface area contributed by atoms with E-state index >= 15 is 0 Å². The maximum atomic E-state index is 13.3. The third-order valence-corrected chi connectivity index (χ3v) is 7.25. The SMILES string of the molecule is CCNC(=O)Nc1ccc(CCN/C(=C2\C(=O)Nc3ccc(C(=O)N[C@H](C)c4ccccc4)cc32)c2ccccc2)cc1. The summed E-state index contributed by atoms with van der Waals surface area (Å²) in [6, 6.07) is 32.1. The maximum Gasteiger partial charge on any atom is 0.319 e. The zero-order chi connectivity index (χ0) is 30.2. The molecule has 4 aromatic rings. The van der Waals surface area contributed by atoms with Crippen molar-refractivity contribution in [3.8, 4) is 0 Å². The minimum absolute atomic E-state index is 0.170. The molecule has 0 fully saturated rings. The molecule has 0 spiro atoms. The van der Waals surface area contributed by atoms with Gasteiger partial charge in [-0.3, -0.25) is 9.59 Å². The standard InChI is InChI=1S/C35H35N5O3/c1-3-36-35(43)39-28-17-14-24(15-18-28)20-21-37-32(26-12-8-5-9-13-26)31-29-22-27(16-19-30(29)40-34(31)42)33(41)38-23(2)25-10-6-4-7-11-25/h4-19,22-23,37H,3,20-21H2,1-2H3,(H,38,41)(H,40,42)(H2,36,39,43)/b32-31-/t23-/m1/s1. The van der Waals surface area contributed by atoms with Gasteiger partial charge in [0.15, 0.2) is 0 Å². The van der Waals surface area contributed by atoms with Crippen molar-refractivity contribution in [2.24, 2.45) is 0 Å². The van der Waals surface area contributed by atoms with E-state index in [-0.39, 0.29) is 23.9 Å². The van der Waals surface area contributed by atoms with Crippen molar-refractivity contribution in [3.05, 3.63) is 131 Å². The Labute approximate surface area is 251 Å². The fraction of sp³-hybridized carbons (Fsp3) is 0.171.